The minimum Gasteiger partial charge on any atom is -0.477 e. The topological polar surface area (TPSA) is 79.7 Å². The first kappa shape index (κ1) is 13.5. The monoisotopic (exact) mass is 264 g/mol. The van der Waals surface area contributed by atoms with Gasteiger partial charge in [0, 0.05) is 20.2 Å². The van der Waals surface area contributed by atoms with Gasteiger partial charge in [0.1, 0.15) is 11.4 Å². The summed E-state index contributed by atoms with van der Waals surface area (Å²) in [6, 6.07) is 4.44. The number of hydrogen-bond donors (Lipinski definition) is 1. The van der Waals surface area contributed by atoms with Crippen LogP contribution in [0.5, 0.6) is 0 Å². The predicted molar refractivity (Wildman–Crippen MR) is 67.1 cm³/mol. The molecule has 1 aromatic heterocycles. The van der Waals surface area contributed by atoms with Gasteiger partial charge in [0.2, 0.25) is 0 Å². The second-order valence-corrected chi connectivity index (χ2v) is 4.44. The highest BCUT2D eigenvalue weighted by Crippen LogP contribution is 2.15. The molecule has 1 aliphatic heterocycles. The van der Waals surface area contributed by atoms with Crippen LogP contribution in [0.2, 0.25) is 0 Å². The van der Waals surface area contributed by atoms with Gasteiger partial charge in [-0.25, -0.2) is 9.78 Å². The number of aromatic carboxylic acids is 1. The van der Waals surface area contributed by atoms with E-state index in [9.17, 15) is 9.59 Å². The Morgan fingerprint density at radius 2 is 1.95 bits per heavy atom. The van der Waals surface area contributed by atoms with Crippen LogP contribution in [-0.4, -0.2) is 53.2 Å². The number of ether oxygens (including phenoxy) is 1. The van der Waals surface area contributed by atoms with Crippen molar-refractivity contribution in [3.63, 3.8) is 0 Å². The lowest BCUT2D eigenvalue weighted by Crippen LogP contribution is -2.41. The summed E-state index contributed by atoms with van der Waals surface area (Å²) in [4.78, 5) is 28.6. The number of rotatable bonds is 3. The molecule has 0 aromatic carbocycles. The van der Waals surface area contributed by atoms with Gasteiger partial charge in [0.05, 0.1) is 6.10 Å². The summed E-state index contributed by atoms with van der Waals surface area (Å²) in [6.07, 6.45) is 1.78. The number of carbonyl (C=O) groups excluding carboxylic acids is 1. The molecule has 1 fully saturated rings. The third kappa shape index (κ3) is 3.08. The molecule has 0 spiro atoms. The fraction of sp³-hybridized carbons (Fsp3) is 0.462. The van der Waals surface area contributed by atoms with Crippen LogP contribution in [0.4, 0.5) is 0 Å². The highest BCUT2D eigenvalue weighted by Gasteiger charge is 2.24. The largest absolute Gasteiger partial charge is 0.477 e. The molecule has 0 saturated carbocycles. The molecule has 2 rings (SSSR count). The van der Waals surface area contributed by atoms with E-state index in [2.05, 4.69) is 4.98 Å². The Bertz CT molecular complexity index is 481. The van der Waals surface area contributed by atoms with Gasteiger partial charge in [-0.2, -0.15) is 0 Å². The van der Waals surface area contributed by atoms with Crippen molar-refractivity contribution in [1.82, 2.24) is 9.88 Å². The number of carbonyl (C=O) groups is 2. The third-order valence-corrected chi connectivity index (χ3v) is 3.25. The van der Waals surface area contributed by atoms with Gasteiger partial charge >= 0.3 is 5.97 Å². The zero-order valence-corrected chi connectivity index (χ0v) is 10.7. The van der Waals surface area contributed by atoms with Crippen LogP contribution < -0.4 is 0 Å². The van der Waals surface area contributed by atoms with Gasteiger partial charge in [0.15, 0.2) is 0 Å². The van der Waals surface area contributed by atoms with Crippen LogP contribution in [0, 0.1) is 0 Å². The van der Waals surface area contributed by atoms with Crippen molar-refractivity contribution in [2.75, 3.05) is 20.2 Å². The average Bonchev–Trinajstić information content (AvgIpc) is 2.46. The van der Waals surface area contributed by atoms with Crippen molar-refractivity contribution in [3.8, 4) is 0 Å². The number of carboxylic acids is 1. The second kappa shape index (κ2) is 5.79. The molecule has 0 bridgehead atoms. The SMILES string of the molecule is COC1CCN(C(=O)c2cccc(C(=O)O)n2)CC1. The number of amides is 1. The van der Waals surface area contributed by atoms with Gasteiger partial charge in [-0.15, -0.1) is 0 Å². The summed E-state index contributed by atoms with van der Waals surface area (Å²) in [5.41, 5.74) is 0.0633. The summed E-state index contributed by atoms with van der Waals surface area (Å²) in [7, 11) is 1.67. The molecule has 19 heavy (non-hydrogen) atoms. The van der Waals surface area contributed by atoms with Crippen molar-refractivity contribution in [1.29, 1.82) is 0 Å². The van der Waals surface area contributed by atoms with E-state index >= 15 is 0 Å². The first-order valence-electron chi connectivity index (χ1n) is 6.14. The molecule has 0 unspecified atom stereocenters. The van der Waals surface area contributed by atoms with Crippen molar-refractivity contribution in [2.24, 2.45) is 0 Å². The molecular weight excluding hydrogens is 248 g/mol. The van der Waals surface area contributed by atoms with Crippen LogP contribution in [-0.2, 0) is 4.74 Å². The van der Waals surface area contributed by atoms with E-state index in [-0.39, 0.29) is 23.4 Å². The van der Waals surface area contributed by atoms with Crippen LogP contribution in [0.15, 0.2) is 18.2 Å². The van der Waals surface area contributed by atoms with Gasteiger partial charge in [0.25, 0.3) is 5.91 Å². The lowest BCUT2D eigenvalue weighted by atomic mass is 10.1. The molecule has 1 N–H and O–H groups in total. The quantitative estimate of drug-likeness (QED) is 0.882. The first-order valence-corrected chi connectivity index (χ1v) is 6.14. The Kier molecular flexibility index (Phi) is 4.11. The van der Waals surface area contributed by atoms with Crippen LogP contribution in [0.25, 0.3) is 0 Å². The van der Waals surface area contributed by atoms with Crippen molar-refractivity contribution >= 4 is 11.9 Å². The van der Waals surface area contributed by atoms with Gasteiger partial charge in [-0.3, -0.25) is 4.79 Å². The van der Waals surface area contributed by atoms with E-state index in [1.807, 2.05) is 0 Å². The molecule has 6 nitrogen and oxygen atoms in total. The Morgan fingerprint density at radius 3 is 2.53 bits per heavy atom. The maximum absolute atomic E-state index is 12.2. The molecule has 102 valence electrons. The van der Waals surface area contributed by atoms with E-state index in [0.717, 1.165) is 12.8 Å². The number of aromatic nitrogens is 1. The minimum absolute atomic E-state index is 0.113. The second-order valence-electron chi connectivity index (χ2n) is 4.44. The fourth-order valence-corrected chi connectivity index (χ4v) is 2.13. The molecule has 1 saturated heterocycles. The van der Waals surface area contributed by atoms with Crippen LogP contribution >= 0.6 is 0 Å². The number of methoxy groups -OCH3 is 1. The van der Waals surface area contributed by atoms with Crippen LogP contribution in [0.1, 0.15) is 33.8 Å². The average molecular weight is 264 g/mol. The number of piperidine rings is 1. The van der Waals surface area contributed by atoms with E-state index in [1.54, 1.807) is 12.0 Å². The lowest BCUT2D eigenvalue weighted by molar-refractivity contribution is 0.0347. The maximum atomic E-state index is 12.2. The Morgan fingerprint density at radius 1 is 1.32 bits per heavy atom. The highest BCUT2D eigenvalue weighted by atomic mass is 16.5. The Labute approximate surface area is 111 Å². The molecule has 0 atom stereocenters. The Balaban J connectivity index is 2.08. The molecular formula is C13H16N2O4. The summed E-state index contributed by atoms with van der Waals surface area (Å²) in [5, 5.41) is 8.86. The summed E-state index contributed by atoms with van der Waals surface area (Å²) >= 11 is 0. The Hall–Kier alpha value is -1.95. The molecule has 1 amide bonds. The van der Waals surface area contributed by atoms with Gasteiger partial charge in [-0.05, 0) is 25.0 Å². The number of likely N-dealkylation sites (tertiary alicyclic amines) is 1. The first-order chi connectivity index (χ1) is 9.11. The van der Waals surface area contributed by atoms with E-state index in [4.69, 9.17) is 9.84 Å². The zero-order chi connectivity index (χ0) is 13.8. The molecule has 1 aromatic rings. The molecule has 2 heterocycles. The summed E-state index contributed by atoms with van der Waals surface area (Å²) < 4.78 is 5.24. The van der Waals surface area contributed by atoms with E-state index < -0.39 is 5.97 Å². The highest BCUT2D eigenvalue weighted by molar-refractivity contribution is 5.94. The standard InChI is InChI=1S/C13H16N2O4/c1-19-9-5-7-15(8-6-9)12(16)10-3-2-4-11(14-10)13(17)18/h2-4,9H,5-8H2,1H3,(H,17,18). The lowest BCUT2D eigenvalue weighted by Gasteiger charge is -2.31. The van der Waals surface area contributed by atoms with E-state index in [0.29, 0.717) is 13.1 Å². The number of nitrogens with zero attached hydrogens (tertiary/aromatic N) is 2. The van der Waals surface area contributed by atoms with Crippen LogP contribution in [0.3, 0.4) is 0 Å². The number of pyridine rings is 1. The van der Waals surface area contributed by atoms with Crippen molar-refractivity contribution in [3.05, 3.63) is 29.6 Å². The maximum Gasteiger partial charge on any atom is 0.354 e. The van der Waals surface area contributed by atoms with Crippen molar-refractivity contribution < 1.29 is 19.4 Å². The molecule has 1 aliphatic rings. The number of carboxylic acid groups (broad SMARTS) is 1. The minimum atomic E-state index is -1.13. The van der Waals surface area contributed by atoms with Crippen molar-refractivity contribution in [2.45, 2.75) is 18.9 Å². The third-order valence-electron chi connectivity index (χ3n) is 3.25. The smallest absolute Gasteiger partial charge is 0.354 e. The summed E-state index contributed by atoms with van der Waals surface area (Å²) in [6.45, 7) is 1.21. The molecule has 0 radical (unpaired) electrons. The van der Waals surface area contributed by atoms with Gasteiger partial charge in [-0.1, -0.05) is 6.07 Å². The zero-order valence-electron chi connectivity index (χ0n) is 10.7. The van der Waals surface area contributed by atoms with E-state index in [1.165, 1.54) is 18.2 Å². The molecule has 0 aliphatic carbocycles. The predicted octanol–water partition coefficient (Wildman–Crippen LogP) is 1.03. The number of hydrogen-bond acceptors (Lipinski definition) is 4. The summed E-state index contributed by atoms with van der Waals surface area (Å²) in [5.74, 6) is -1.36. The normalized spacial score (nSPS) is 16.4. The fourth-order valence-electron chi connectivity index (χ4n) is 2.13. The molecule has 6 heteroatoms. The van der Waals surface area contributed by atoms with Gasteiger partial charge < -0.3 is 14.7 Å².